The van der Waals surface area contributed by atoms with Crippen LogP contribution in [0.15, 0.2) is 78.9 Å². The summed E-state index contributed by atoms with van der Waals surface area (Å²) in [6, 6.07) is 23.0. The van der Waals surface area contributed by atoms with Gasteiger partial charge < -0.3 is 10.4 Å². The molecule has 0 spiro atoms. The molecule has 0 aliphatic carbocycles. The summed E-state index contributed by atoms with van der Waals surface area (Å²) in [5, 5.41) is 13.8. The maximum atomic E-state index is 13.3. The van der Waals surface area contributed by atoms with E-state index in [1.807, 2.05) is 54.6 Å². The molecule has 1 aliphatic rings. The number of phenols is 1. The number of hydrogen-bond donors (Lipinski definition) is 2. The second-order valence-electron chi connectivity index (χ2n) is 7.84. The molecule has 3 aromatic carbocycles. The van der Waals surface area contributed by atoms with Crippen LogP contribution in [0.1, 0.15) is 16.8 Å². The number of sulfonamides is 1. The first-order valence-corrected chi connectivity index (χ1v) is 12.1. The summed E-state index contributed by atoms with van der Waals surface area (Å²) in [5.74, 6) is -0.492. The first kappa shape index (κ1) is 21.0. The molecule has 1 amide bonds. The Kier molecular flexibility index (Phi) is 5.22. The quantitative estimate of drug-likeness (QED) is 0.441. The Balaban J connectivity index is 1.54. The molecular formula is C25H21N3O4S. The molecule has 0 atom stereocenters. The van der Waals surface area contributed by atoms with Crippen LogP contribution in [-0.2, 0) is 10.0 Å². The first-order valence-electron chi connectivity index (χ1n) is 10.5. The van der Waals surface area contributed by atoms with Crippen molar-refractivity contribution >= 4 is 38.2 Å². The average molecular weight is 460 g/mol. The van der Waals surface area contributed by atoms with Gasteiger partial charge in [0.05, 0.1) is 33.9 Å². The number of aromatic nitrogens is 1. The van der Waals surface area contributed by atoms with Gasteiger partial charge >= 0.3 is 0 Å². The Morgan fingerprint density at radius 1 is 0.970 bits per heavy atom. The van der Waals surface area contributed by atoms with Gasteiger partial charge in [-0.05, 0) is 36.8 Å². The van der Waals surface area contributed by atoms with Crippen molar-refractivity contribution in [3.8, 4) is 17.0 Å². The van der Waals surface area contributed by atoms with Crippen LogP contribution in [-0.4, -0.2) is 36.7 Å². The number of hydrogen-bond acceptors (Lipinski definition) is 5. The zero-order chi connectivity index (χ0) is 23.0. The molecule has 7 nitrogen and oxygen atoms in total. The molecule has 1 saturated heterocycles. The Bertz CT molecular complexity index is 1470. The number of carbonyl (C=O) groups excluding carboxylic acids is 1. The van der Waals surface area contributed by atoms with Gasteiger partial charge in [-0.15, -0.1) is 0 Å². The summed E-state index contributed by atoms with van der Waals surface area (Å²) < 4.78 is 25.9. The van der Waals surface area contributed by atoms with E-state index in [0.29, 0.717) is 40.8 Å². The Hall–Kier alpha value is -3.91. The van der Waals surface area contributed by atoms with Gasteiger partial charge in [-0.25, -0.2) is 13.4 Å². The lowest BCUT2D eigenvalue weighted by atomic mass is 10.0. The summed E-state index contributed by atoms with van der Waals surface area (Å²) in [7, 11) is -3.38. The van der Waals surface area contributed by atoms with Crippen molar-refractivity contribution in [1.29, 1.82) is 0 Å². The van der Waals surface area contributed by atoms with Crippen LogP contribution in [0.2, 0.25) is 0 Å². The number of phenolic OH excluding ortho intramolecular Hbond substituents is 1. The predicted molar refractivity (Wildman–Crippen MR) is 129 cm³/mol. The number of rotatable bonds is 4. The lowest BCUT2D eigenvalue weighted by molar-refractivity contribution is 0.102. The van der Waals surface area contributed by atoms with Gasteiger partial charge in [0.25, 0.3) is 5.91 Å². The van der Waals surface area contributed by atoms with Gasteiger partial charge in [-0.2, -0.15) is 0 Å². The summed E-state index contributed by atoms with van der Waals surface area (Å²) in [6.45, 7) is 0.371. The number of amides is 1. The van der Waals surface area contributed by atoms with Gasteiger partial charge in [0.2, 0.25) is 10.0 Å². The highest BCUT2D eigenvalue weighted by atomic mass is 32.2. The van der Waals surface area contributed by atoms with E-state index in [0.717, 1.165) is 5.56 Å². The summed E-state index contributed by atoms with van der Waals surface area (Å²) in [5.41, 5.74) is 3.15. The van der Waals surface area contributed by atoms with Gasteiger partial charge in [-0.3, -0.25) is 9.10 Å². The van der Waals surface area contributed by atoms with E-state index in [2.05, 4.69) is 5.32 Å². The second-order valence-corrected chi connectivity index (χ2v) is 9.85. The second kappa shape index (κ2) is 8.22. The van der Waals surface area contributed by atoms with Crippen LogP contribution in [0.3, 0.4) is 0 Å². The molecule has 33 heavy (non-hydrogen) atoms. The molecule has 1 aromatic heterocycles. The van der Waals surface area contributed by atoms with E-state index in [-0.39, 0.29) is 17.2 Å². The average Bonchev–Trinajstić information content (AvgIpc) is 3.19. The maximum absolute atomic E-state index is 13.3. The number of aromatic hydroxyl groups is 1. The molecule has 2 N–H and O–H groups in total. The minimum Gasteiger partial charge on any atom is -0.506 e. The van der Waals surface area contributed by atoms with Crippen LogP contribution in [0.25, 0.3) is 22.2 Å². The minimum absolute atomic E-state index is 0.0842. The molecular weight excluding hydrogens is 438 g/mol. The molecule has 0 radical (unpaired) electrons. The van der Waals surface area contributed by atoms with Crippen LogP contribution < -0.4 is 9.62 Å². The van der Waals surface area contributed by atoms with Gasteiger partial charge in [0, 0.05) is 17.5 Å². The van der Waals surface area contributed by atoms with Crippen molar-refractivity contribution in [3.05, 3.63) is 84.4 Å². The fourth-order valence-corrected chi connectivity index (χ4v) is 5.57. The molecule has 2 heterocycles. The summed E-state index contributed by atoms with van der Waals surface area (Å²) >= 11 is 0. The van der Waals surface area contributed by atoms with Crippen molar-refractivity contribution in [2.45, 2.75) is 6.42 Å². The van der Waals surface area contributed by atoms with Crippen LogP contribution >= 0.6 is 0 Å². The number of para-hydroxylation sites is 1. The van der Waals surface area contributed by atoms with Gasteiger partial charge in [-0.1, -0.05) is 48.5 Å². The molecule has 166 valence electrons. The van der Waals surface area contributed by atoms with Crippen molar-refractivity contribution in [2.75, 3.05) is 21.9 Å². The van der Waals surface area contributed by atoms with E-state index < -0.39 is 15.9 Å². The van der Waals surface area contributed by atoms with E-state index >= 15 is 0 Å². The van der Waals surface area contributed by atoms with Crippen LogP contribution in [0.5, 0.6) is 5.75 Å². The normalized spacial score (nSPS) is 15.0. The van der Waals surface area contributed by atoms with E-state index in [4.69, 9.17) is 4.98 Å². The first-order chi connectivity index (χ1) is 15.9. The van der Waals surface area contributed by atoms with E-state index in [9.17, 15) is 18.3 Å². The third-order valence-corrected chi connectivity index (χ3v) is 7.52. The van der Waals surface area contributed by atoms with Crippen LogP contribution in [0.4, 0.5) is 11.4 Å². The number of fused-ring (bicyclic) bond motifs is 1. The summed E-state index contributed by atoms with van der Waals surface area (Å²) in [4.78, 5) is 18.0. The van der Waals surface area contributed by atoms with Crippen LogP contribution in [0, 0.1) is 0 Å². The third-order valence-electron chi connectivity index (χ3n) is 5.65. The Morgan fingerprint density at radius 3 is 2.48 bits per heavy atom. The van der Waals surface area contributed by atoms with E-state index in [1.54, 1.807) is 6.07 Å². The highest BCUT2D eigenvalue weighted by Crippen LogP contribution is 2.33. The Morgan fingerprint density at radius 2 is 1.73 bits per heavy atom. The lowest BCUT2D eigenvalue weighted by Gasteiger charge is -2.18. The number of benzene rings is 3. The number of pyridine rings is 1. The van der Waals surface area contributed by atoms with Crippen molar-refractivity contribution in [3.63, 3.8) is 0 Å². The highest BCUT2D eigenvalue weighted by molar-refractivity contribution is 7.93. The summed E-state index contributed by atoms with van der Waals surface area (Å²) in [6.07, 6.45) is 0.538. The zero-order valence-electron chi connectivity index (χ0n) is 17.6. The highest BCUT2D eigenvalue weighted by Gasteiger charge is 2.29. The monoisotopic (exact) mass is 459 g/mol. The SMILES string of the molecule is O=C(Nc1cc(N2CCCS2(=O)=O)ccc1O)c1cc(-c2ccccc2)nc2ccccc12. The fraction of sp³-hybridized carbons (Fsp3) is 0.120. The standard InChI is InChI=1S/C25H21N3O4S/c29-24-12-11-18(28-13-6-14-33(28,31)32)15-23(24)27-25(30)20-16-22(17-7-2-1-3-8-17)26-21-10-5-4-9-19(20)21/h1-5,7-12,15-16,29H,6,13-14H2,(H,27,30). The number of carbonyl (C=O) groups is 1. The van der Waals surface area contributed by atoms with E-state index in [1.165, 1.54) is 22.5 Å². The molecule has 1 fully saturated rings. The fourth-order valence-electron chi connectivity index (χ4n) is 4.02. The van der Waals surface area contributed by atoms with Gasteiger partial charge in [0.1, 0.15) is 5.75 Å². The number of anilines is 2. The molecule has 4 aromatic rings. The molecule has 0 bridgehead atoms. The smallest absolute Gasteiger partial charge is 0.256 e. The van der Waals surface area contributed by atoms with Crippen molar-refractivity contribution < 1.29 is 18.3 Å². The maximum Gasteiger partial charge on any atom is 0.256 e. The zero-order valence-corrected chi connectivity index (χ0v) is 18.4. The number of nitrogens with zero attached hydrogens (tertiary/aromatic N) is 2. The van der Waals surface area contributed by atoms with Crippen molar-refractivity contribution in [2.24, 2.45) is 0 Å². The largest absolute Gasteiger partial charge is 0.506 e. The van der Waals surface area contributed by atoms with Gasteiger partial charge in [0.15, 0.2) is 0 Å². The molecule has 0 saturated carbocycles. The predicted octanol–water partition coefficient (Wildman–Crippen LogP) is 4.40. The molecule has 5 rings (SSSR count). The number of nitrogens with one attached hydrogen (secondary N) is 1. The van der Waals surface area contributed by atoms with Crippen molar-refractivity contribution in [1.82, 2.24) is 4.98 Å². The molecule has 1 aliphatic heterocycles. The molecule has 8 heteroatoms. The minimum atomic E-state index is -3.38. The Labute approximate surface area is 191 Å². The third kappa shape index (κ3) is 4.01. The molecule has 0 unspecified atom stereocenters. The lowest BCUT2D eigenvalue weighted by Crippen LogP contribution is -2.25. The topological polar surface area (TPSA) is 99.6 Å².